The summed E-state index contributed by atoms with van der Waals surface area (Å²) in [5.74, 6) is 1.64. The number of amides is 1. The van der Waals surface area contributed by atoms with Crippen LogP contribution >= 0.6 is 0 Å². The number of hydrogen-bond acceptors (Lipinski definition) is 4. The molecule has 1 N–H and O–H groups in total. The first-order chi connectivity index (χ1) is 18.7. The van der Waals surface area contributed by atoms with Crippen LogP contribution in [0.25, 0.3) is 11.1 Å². The lowest BCUT2D eigenvalue weighted by Gasteiger charge is -2.20. The lowest BCUT2D eigenvalue weighted by atomic mass is 9.86. The Kier molecular flexibility index (Phi) is 11.0. The van der Waals surface area contributed by atoms with Gasteiger partial charge in [0.2, 0.25) is 0 Å². The fourth-order valence-corrected chi connectivity index (χ4v) is 4.33. The molecule has 0 heterocycles. The van der Waals surface area contributed by atoms with Crippen molar-refractivity contribution in [2.24, 2.45) is 0 Å². The van der Waals surface area contributed by atoms with Crippen molar-refractivity contribution in [3.05, 3.63) is 95.1 Å². The molecule has 5 heteroatoms. The third-order valence-corrected chi connectivity index (χ3v) is 6.22. The first-order valence-corrected chi connectivity index (χ1v) is 13.9. The summed E-state index contributed by atoms with van der Waals surface area (Å²) < 4.78 is 17.1. The third kappa shape index (κ3) is 9.20. The monoisotopic (exact) mass is 529 g/mol. The van der Waals surface area contributed by atoms with E-state index in [1.807, 2.05) is 32.9 Å². The number of aryl methyl sites for hydroxylation is 1. The second-order valence-corrected chi connectivity index (χ2v) is 10.5. The van der Waals surface area contributed by atoms with Crippen LogP contribution in [0, 0.1) is 6.92 Å². The molecular formula is C34H43NO4. The van der Waals surface area contributed by atoms with Crippen molar-refractivity contribution < 1.29 is 19.0 Å². The molecule has 0 radical (unpaired) electrons. The van der Waals surface area contributed by atoms with E-state index in [2.05, 4.69) is 86.8 Å². The van der Waals surface area contributed by atoms with Gasteiger partial charge in [-0.3, -0.25) is 0 Å². The maximum absolute atomic E-state index is 11.8. The van der Waals surface area contributed by atoms with Gasteiger partial charge < -0.3 is 19.5 Å². The third-order valence-electron chi connectivity index (χ3n) is 6.22. The molecule has 39 heavy (non-hydrogen) atoms. The fraction of sp³-hybridized carbons (Fsp3) is 0.382. The van der Waals surface area contributed by atoms with E-state index in [4.69, 9.17) is 14.2 Å². The van der Waals surface area contributed by atoms with E-state index in [9.17, 15) is 4.79 Å². The predicted octanol–water partition coefficient (Wildman–Crippen LogP) is 8.45. The number of rotatable bonds is 12. The number of benzene rings is 3. The Bertz CT molecular complexity index is 1220. The fourth-order valence-electron chi connectivity index (χ4n) is 4.33. The number of alkyl carbamates (subject to hydrolysis) is 1. The molecule has 3 aromatic rings. The highest BCUT2D eigenvalue weighted by molar-refractivity contribution is 5.99. The van der Waals surface area contributed by atoms with Gasteiger partial charge in [-0.25, -0.2) is 4.79 Å². The lowest BCUT2D eigenvalue weighted by Crippen LogP contribution is -2.34. The molecule has 0 saturated heterocycles. The molecule has 0 atom stereocenters. The van der Waals surface area contributed by atoms with Crippen LogP contribution in [-0.2, 0) is 4.74 Å². The van der Waals surface area contributed by atoms with E-state index in [-0.39, 0.29) is 0 Å². The number of nitrogens with one attached hydrogen (secondary N) is 1. The van der Waals surface area contributed by atoms with Gasteiger partial charge in [-0.1, -0.05) is 68.8 Å². The highest BCUT2D eigenvalue weighted by Gasteiger charge is 2.16. The van der Waals surface area contributed by atoms with Gasteiger partial charge >= 0.3 is 6.09 Å². The van der Waals surface area contributed by atoms with Crippen molar-refractivity contribution in [2.75, 3.05) is 19.8 Å². The number of carbonyl (C=O) groups excluding carboxylic acids is 1. The van der Waals surface area contributed by atoms with Crippen LogP contribution in [-0.4, -0.2) is 31.5 Å². The van der Waals surface area contributed by atoms with Gasteiger partial charge in [-0.05, 0) is 98.2 Å². The maximum Gasteiger partial charge on any atom is 0.407 e. The molecule has 0 aliphatic carbocycles. The van der Waals surface area contributed by atoms with E-state index < -0.39 is 11.7 Å². The summed E-state index contributed by atoms with van der Waals surface area (Å²) in [6.07, 6.45) is 2.61. The van der Waals surface area contributed by atoms with Crippen LogP contribution in [0.5, 0.6) is 11.5 Å². The van der Waals surface area contributed by atoms with E-state index in [1.165, 1.54) is 22.3 Å². The second kappa shape index (κ2) is 14.4. The van der Waals surface area contributed by atoms with Crippen LogP contribution in [0.1, 0.15) is 76.1 Å². The van der Waals surface area contributed by atoms with Crippen LogP contribution in [0.3, 0.4) is 0 Å². The minimum Gasteiger partial charge on any atom is -0.494 e. The maximum atomic E-state index is 11.8. The average Bonchev–Trinajstić information content (AvgIpc) is 2.90. The standard InChI is InChI=1S/C34H43NO4/c1-7-9-23-37-28-18-14-26(15-19-28)32(30(8-2)31-13-11-10-12-25(31)3)27-16-20-29(21-17-27)38-24-22-35-33(36)39-34(4,5)6/h10-21H,7-9,22-24H2,1-6H3,(H,35,36)/b32-30-. The molecule has 5 nitrogen and oxygen atoms in total. The predicted molar refractivity (Wildman–Crippen MR) is 160 cm³/mol. The number of ether oxygens (including phenoxy) is 3. The van der Waals surface area contributed by atoms with Crippen LogP contribution in [0.15, 0.2) is 72.8 Å². The molecule has 0 aliphatic heterocycles. The molecular weight excluding hydrogens is 486 g/mol. The molecule has 1 amide bonds. The molecule has 0 aliphatic rings. The Morgan fingerprint density at radius 1 is 0.795 bits per heavy atom. The summed E-state index contributed by atoms with van der Waals surface area (Å²) in [5.41, 5.74) is 6.75. The molecule has 0 fully saturated rings. The van der Waals surface area contributed by atoms with Gasteiger partial charge in [0.1, 0.15) is 23.7 Å². The average molecular weight is 530 g/mol. The Labute approximate surface area is 234 Å². The van der Waals surface area contributed by atoms with Gasteiger partial charge in [-0.15, -0.1) is 0 Å². The highest BCUT2D eigenvalue weighted by atomic mass is 16.6. The summed E-state index contributed by atoms with van der Waals surface area (Å²) in [7, 11) is 0. The molecule has 0 unspecified atom stereocenters. The van der Waals surface area contributed by atoms with Crippen molar-refractivity contribution in [1.82, 2.24) is 5.32 Å². The molecule has 3 rings (SSSR count). The van der Waals surface area contributed by atoms with Gasteiger partial charge in [0.15, 0.2) is 0 Å². The van der Waals surface area contributed by atoms with Crippen molar-refractivity contribution in [3.8, 4) is 11.5 Å². The molecule has 0 aromatic heterocycles. The first-order valence-electron chi connectivity index (χ1n) is 13.9. The normalized spacial score (nSPS) is 11.9. The first kappa shape index (κ1) is 29.8. The summed E-state index contributed by atoms with van der Waals surface area (Å²) in [5, 5.41) is 2.72. The van der Waals surface area contributed by atoms with Crippen LogP contribution in [0.4, 0.5) is 4.79 Å². The summed E-state index contributed by atoms with van der Waals surface area (Å²) in [6.45, 7) is 13.5. The Balaban J connectivity index is 1.83. The summed E-state index contributed by atoms with van der Waals surface area (Å²) in [6, 6.07) is 25.1. The van der Waals surface area contributed by atoms with E-state index in [0.717, 1.165) is 48.5 Å². The quantitative estimate of drug-likeness (QED) is 0.189. The van der Waals surface area contributed by atoms with Gasteiger partial charge in [0.25, 0.3) is 0 Å². The largest absolute Gasteiger partial charge is 0.494 e. The SMILES string of the molecule is CCCCOc1ccc(/C(=C(\CC)c2ccccc2C)c2ccc(OCCNC(=O)OC(C)(C)C)cc2)cc1. The van der Waals surface area contributed by atoms with Crippen molar-refractivity contribution in [3.63, 3.8) is 0 Å². The Hall–Kier alpha value is -3.73. The number of allylic oxidation sites excluding steroid dienone is 1. The smallest absolute Gasteiger partial charge is 0.407 e. The zero-order valence-corrected chi connectivity index (χ0v) is 24.3. The van der Waals surface area contributed by atoms with Crippen molar-refractivity contribution in [1.29, 1.82) is 0 Å². The Morgan fingerprint density at radius 2 is 1.36 bits per heavy atom. The van der Waals surface area contributed by atoms with Crippen LogP contribution < -0.4 is 14.8 Å². The molecule has 208 valence electrons. The summed E-state index contributed by atoms with van der Waals surface area (Å²) in [4.78, 5) is 11.8. The van der Waals surface area contributed by atoms with Gasteiger partial charge in [0, 0.05) is 0 Å². The minimum atomic E-state index is -0.524. The van der Waals surface area contributed by atoms with E-state index >= 15 is 0 Å². The number of carbonyl (C=O) groups is 1. The van der Waals surface area contributed by atoms with Crippen LogP contribution in [0.2, 0.25) is 0 Å². The zero-order valence-electron chi connectivity index (χ0n) is 24.3. The summed E-state index contributed by atoms with van der Waals surface area (Å²) >= 11 is 0. The second-order valence-electron chi connectivity index (χ2n) is 10.5. The highest BCUT2D eigenvalue weighted by Crippen LogP contribution is 2.36. The van der Waals surface area contributed by atoms with Crippen molar-refractivity contribution >= 4 is 17.2 Å². The van der Waals surface area contributed by atoms with E-state index in [1.54, 1.807) is 0 Å². The van der Waals surface area contributed by atoms with E-state index in [0.29, 0.717) is 13.2 Å². The Morgan fingerprint density at radius 3 is 1.87 bits per heavy atom. The lowest BCUT2D eigenvalue weighted by molar-refractivity contribution is 0.0520. The van der Waals surface area contributed by atoms with Gasteiger partial charge in [0.05, 0.1) is 13.2 Å². The molecule has 0 saturated carbocycles. The minimum absolute atomic E-state index is 0.351. The van der Waals surface area contributed by atoms with Gasteiger partial charge in [-0.2, -0.15) is 0 Å². The number of unbranched alkanes of at least 4 members (excludes halogenated alkanes) is 1. The molecule has 0 bridgehead atoms. The van der Waals surface area contributed by atoms with Crippen molar-refractivity contribution in [2.45, 2.75) is 66.4 Å². The zero-order chi connectivity index (χ0) is 28.3. The molecule has 3 aromatic carbocycles. The number of hydrogen-bond donors (Lipinski definition) is 1. The molecule has 0 spiro atoms. The topological polar surface area (TPSA) is 56.8 Å².